The normalized spacial score (nSPS) is 18.5. The van der Waals surface area contributed by atoms with Gasteiger partial charge in [0, 0.05) is 37.3 Å². The molecule has 10 heteroatoms. The molecule has 9 nitrogen and oxygen atoms in total. The predicted octanol–water partition coefficient (Wildman–Crippen LogP) is 3.03. The second-order valence-electron chi connectivity index (χ2n) is 8.00. The van der Waals surface area contributed by atoms with Crippen LogP contribution in [0.1, 0.15) is 56.8 Å². The van der Waals surface area contributed by atoms with Crippen molar-refractivity contribution in [3.05, 3.63) is 35.4 Å². The molecule has 1 saturated carbocycles. The van der Waals surface area contributed by atoms with Gasteiger partial charge in [-0.3, -0.25) is 9.59 Å². The van der Waals surface area contributed by atoms with E-state index in [0.717, 1.165) is 25.7 Å². The monoisotopic (exact) mass is 445 g/mol. The lowest BCUT2D eigenvalue weighted by atomic mass is 9.89. The number of halogens is 1. The van der Waals surface area contributed by atoms with Gasteiger partial charge in [0.1, 0.15) is 17.2 Å². The van der Waals surface area contributed by atoms with E-state index in [1.54, 1.807) is 13.0 Å². The van der Waals surface area contributed by atoms with Gasteiger partial charge in [0.2, 0.25) is 5.91 Å². The minimum atomic E-state index is -0.535. The first-order chi connectivity index (χ1) is 14.8. The van der Waals surface area contributed by atoms with E-state index in [-0.39, 0.29) is 24.0 Å². The summed E-state index contributed by atoms with van der Waals surface area (Å²) in [6, 6.07) is 2.32. The maximum Gasteiger partial charge on any atom is 0.252 e. The third-order valence-electron chi connectivity index (χ3n) is 5.39. The van der Waals surface area contributed by atoms with Crippen molar-refractivity contribution in [2.75, 3.05) is 10.2 Å². The lowest BCUT2D eigenvalue weighted by Crippen LogP contribution is -2.47. The highest BCUT2D eigenvalue weighted by atomic mass is 35.5. The zero-order chi connectivity index (χ0) is 22.5. The van der Waals surface area contributed by atoms with E-state index in [4.69, 9.17) is 17.3 Å². The first-order valence-corrected chi connectivity index (χ1v) is 10.7. The van der Waals surface area contributed by atoms with Gasteiger partial charge < -0.3 is 21.3 Å². The molecule has 0 spiro atoms. The largest absolute Gasteiger partial charge is 0.365 e. The van der Waals surface area contributed by atoms with E-state index in [0.29, 0.717) is 27.9 Å². The molecule has 2 amide bonds. The molecule has 0 aromatic carbocycles. The molecule has 2 heterocycles. The van der Waals surface area contributed by atoms with Crippen molar-refractivity contribution in [2.45, 2.75) is 64.6 Å². The number of carbonyl (C=O) groups excluding carboxylic acids is 2. The minimum Gasteiger partial charge on any atom is -0.365 e. The number of rotatable bonds is 7. The molecule has 0 radical (unpaired) electrons. The van der Waals surface area contributed by atoms with E-state index >= 15 is 0 Å². The Balaban J connectivity index is 1.90. The molecule has 4 N–H and O–H groups in total. The Labute approximate surface area is 186 Å². The summed E-state index contributed by atoms with van der Waals surface area (Å²) in [5.74, 6) is 0.382. The smallest absolute Gasteiger partial charge is 0.252 e. The van der Waals surface area contributed by atoms with Crippen LogP contribution in [0.15, 0.2) is 24.8 Å². The highest BCUT2D eigenvalue weighted by Crippen LogP contribution is 2.33. The van der Waals surface area contributed by atoms with Crippen LogP contribution in [-0.2, 0) is 4.79 Å². The summed E-state index contributed by atoms with van der Waals surface area (Å²) >= 11 is 6.15. The quantitative estimate of drug-likeness (QED) is 0.597. The van der Waals surface area contributed by atoms with Gasteiger partial charge in [0.05, 0.1) is 17.4 Å². The van der Waals surface area contributed by atoms with Crippen molar-refractivity contribution in [3.63, 3.8) is 0 Å². The summed E-state index contributed by atoms with van der Waals surface area (Å²) in [5.41, 5.74) is 6.74. The van der Waals surface area contributed by atoms with Crippen molar-refractivity contribution in [2.24, 2.45) is 5.73 Å². The minimum absolute atomic E-state index is 0.00610. The maximum atomic E-state index is 12.2. The highest BCUT2D eigenvalue weighted by molar-refractivity contribution is 6.32. The lowest BCUT2D eigenvalue weighted by molar-refractivity contribution is -0.119. The molecule has 0 atom stereocenters. The Morgan fingerprint density at radius 3 is 2.48 bits per heavy atom. The third kappa shape index (κ3) is 5.61. The van der Waals surface area contributed by atoms with Gasteiger partial charge in [-0.05, 0) is 39.5 Å². The fraction of sp³-hybridized carbons (Fsp3) is 0.476. The van der Waals surface area contributed by atoms with Gasteiger partial charge >= 0.3 is 0 Å². The standard InChI is InChI=1S/C21H28ClN7O2/c1-12(2)29(15-6-4-14(5-7-15)27-13(3)30)18-8-19(25-9-16(18)20(23)31)28-21-17(22)10-24-11-26-21/h8-12,14-15H,4-7H2,1-3H3,(H2,23,31)(H,27,30)(H,24,25,26,28). The summed E-state index contributed by atoms with van der Waals surface area (Å²) in [4.78, 5) is 38.1. The summed E-state index contributed by atoms with van der Waals surface area (Å²) in [7, 11) is 0. The van der Waals surface area contributed by atoms with Crippen molar-refractivity contribution < 1.29 is 9.59 Å². The first-order valence-electron chi connectivity index (χ1n) is 10.3. The fourth-order valence-corrected chi connectivity index (χ4v) is 4.28. The van der Waals surface area contributed by atoms with Crippen LogP contribution in [0, 0.1) is 0 Å². The van der Waals surface area contributed by atoms with Crippen LogP contribution in [0.3, 0.4) is 0 Å². The van der Waals surface area contributed by atoms with E-state index in [9.17, 15) is 9.59 Å². The number of primary amides is 1. The second-order valence-corrected chi connectivity index (χ2v) is 8.41. The molecule has 166 valence electrons. The number of nitrogens with zero attached hydrogens (tertiary/aromatic N) is 4. The van der Waals surface area contributed by atoms with Gasteiger partial charge in [-0.15, -0.1) is 0 Å². The summed E-state index contributed by atoms with van der Waals surface area (Å²) < 4.78 is 0. The van der Waals surface area contributed by atoms with Crippen LogP contribution in [0.5, 0.6) is 0 Å². The predicted molar refractivity (Wildman–Crippen MR) is 121 cm³/mol. The summed E-state index contributed by atoms with van der Waals surface area (Å²) in [6.45, 7) is 5.71. The zero-order valence-electron chi connectivity index (χ0n) is 17.9. The Kier molecular flexibility index (Phi) is 7.27. The number of anilines is 3. The zero-order valence-corrected chi connectivity index (χ0v) is 18.7. The molecule has 0 bridgehead atoms. The Morgan fingerprint density at radius 2 is 1.90 bits per heavy atom. The van der Waals surface area contributed by atoms with Crippen molar-refractivity contribution in [1.82, 2.24) is 20.3 Å². The molecule has 1 aliphatic carbocycles. The van der Waals surface area contributed by atoms with Crippen LogP contribution >= 0.6 is 11.6 Å². The summed E-state index contributed by atoms with van der Waals surface area (Å²) in [5, 5.41) is 6.45. The van der Waals surface area contributed by atoms with Crippen LogP contribution < -0.4 is 21.3 Å². The number of nitrogens with one attached hydrogen (secondary N) is 2. The number of pyridine rings is 1. The number of hydrogen-bond donors (Lipinski definition) is 3. The molecule has 1 fully saturated rings. The molecular weight excluding hydrogens is 418 g/mol. The molecule has 2 aromatic rings. The molecule has 2 aromatic heterocycles. The van der Waals surface area contributed by atoms with E-state index < -0.39 is 5.91 Å². The number of nitrogens with two attached hydrogens (primary N) is 1. The fourth-order valence-electron chi connectivity index (χ4n) is 4.12. The molecule has 0 unspecified atom stereocenters. The van der Waals surface area contributed by atoms with Gasteiger partial charge in [-0.25, -0.2) is 15.0 Å². The average Bonchev–Trinajstić information content (AvgIpc) is 2.70. The summed E-state index contributed by atoms with van der Waals surface area (Å²) in [6.07, 6.45) is 7.91. The lowest BCUT2D eigenvalue weighted by Gasteiger charge is -2.41. The van der Waals surface area contributed by atoms with Crippen LogP contribution in [0.4, 0.5) is 17.3 Å². The highest BCUT2D eigenvalue weighted by Gasteiger charge is 2.30. The van der Waals surface area contributed by atoms with Crippen LogP contribution in [0.2, 0.25) is 5.02 Å². The Bertz CT molecular complexity index is 945. The molecule has 1 aliphatic rings. The number of amides is 2. The number of hydrogen-bond acceptors (Lipinski definition) is 7. The molecule has 0 aliphatic heterocycles. The van der Waals surface area contributed by atoms with Crippen molar-refractivity contribution >= 4 is 40.7 Å². The SMILES string of the molecule is CC(=O)NC1CCC(N(c2cc(Nc3ncncc3Cl)ncc2C(N)=O)C(C)C)CC1. The van der Waals surface area contributed by atoms with Crippen molar-refractivity contribution in [1.29, 1.82) is 0 Å². The molecular formula is C21H28ClN7O2. The molecule has 31 heavy (non-hydrogen) atoms. The second kappa shape index (κ2) is 9.91. The number of carbonyl (C=O) groups is 2. The van der Waals surface area contributed by atoms with Gasteiger partial charge in [0.15, 0.2) is 5.82 Å². The Morgan fingerprint density at radius 1 is 1.19 bits per heavy atom. The van der Waals surface area contributed by atoms with Crippen LogP contribution in [0.25, 0.3) is 0 Å². The average molecular weight is 446 g/mol. The van der Waals surface area contributed by atoms with E-state index in [1.807, 2.05) is 0 Å². The maximum absolute atomic E-state index is 12.2. The van der Waals surface area contributed by atoms with Crippen LogP contribution in [-0.4, -0.2) is 44.9 Å². The molecule has 3 rings (SSSR count). The Hall–Kier alpha value is -2.94. The molecule has 0 saturated heterocycles. The van der Waals surface area contributed by atoms with Gasteiger partial charge in [0.25, 0.3) is 5.91 Å². The number of aromatic nitrogens is 3. The van der Waals surface area contributed by atoms with E-state index in [2.05, 4.69) is 44.3 Å². The third-order valence-corrected chi connectivity index (χ3v) is 5.67. The topological polar surface area (TPSA) is 126 Å². The van der Waals surface area contributed by atoms with Crippen molar-refractivity contribution in [3.8, 4) is 0 Å². The first kappa shape index (κ1) is 22.7. The van der Waals surface area contributed by atoms with Gasteiger partial charge in [-0.1, -0.05) is 11.6 Å². The van der Waals surface area contributed by atoms with E-state index in [1.165, 1.54) is 18.7 Å². The van der Waals surface area contributed by atoms with Gasteiger partial charge in [-0.2, -0.15) is 0 Å².